The molecule has 3 aromatic rings. The summed E-state index contributed by atoms with van der Waals surface area (Å²) >= 11 is -0.628. The van der Waals surface area contributed by atoms with E-state index in [0.29, 0.717) is 22.4 Å². The van der Waals surface area contributed by atoms with E-state index in [2.05, 4.69) is 15.3 Å². The van der Waals surface area contributed by atoms with Crippen molar-refractivity contribution in [3.8, 4) is 11.4 Å². The van der Waals surface area contributed by atoms with Crippen molar-refractivity contribution in [1.29, 1.82) is 0 Å². The van der Waals surface area contributed by atoms with E-state index < -0.39 is 21.4 Å². The molecule has 1 aliphatic heterocycles. The topological polar surface area (TPSA) is 95.3 Å². The standard InChI is InChI=1S/C20H25AsN6O3/c1-20(2,3)30-19(28)26-10-9-13(12-26)21-18-22-11-16-17(23-18)27(25-24-16)14-5-7-15(29-4)8-6-14/h5-8,11,13,21H,9-10,12H2,1-4H3/t13-/m0/s1. The van der Waals surface area contributed by atoms with Gasteiger partial charge in [-0.25, -0.2) is 0 Å². The average Bonchev–Trinajstić information content (AvgIpc) is 3.34. The number of likely N-dealkylation sites (tertiary alicyclic amines) is 1. The number of carbonyl (C=O) groups is 1. The van der Waals surface area contributed by atoms with Crippen molar-refractivity contribution < 1.29 is 14.3 Å². The maximum absolute atomic E-state index is 12.3. The van der Waals surface area contributed by atoms with Gasteiger partial charge in [0, 0.05) is 0 Å². The zero-order valence-corrected chi connectivity index (χ0v) is 19.6. The number of benzene rings is 1. The summed E-state index contributed by atoms with van der Waals surface area (Å²) in [5, 5.41) is 8.41. The van der Waals surface area contributed by atoms with E-state index in [9.17, 15) is 4.79 Å². The Labute approximate surface area is 181 Å². The number of fused-ring (bicyclic) bond motifs is 1. The Hall–Kier alpha value is -2.67. The molecule has 0 saturated carbocycles. The molecule has 30 heavy (non-hydrogen) atoms. The van der Waals surface area contributed by atoms with E-state index in [0.717, 1.165) is 29.0 Å². The van der Waals surface area contributed by atoms with Crippen LogP contribution in [0.25, 0.3) is 16.9 Å². The van der Waals surface area contributed by atoms with Crippen LogP contribution in [0.2, 0.25) is 4.71 Å². The Morgan fingerprint density at radius 3 is 2.70 bits per heavy atom. The normalized spacial score (nSPS) is 17.2. The molecule has 1 aromatic carbocycles. The van der Waals surface area contributed by atoms with E-state index in [1.165, 1.54) is 0 Å². The van der Waals surface area contributed by atoms with Gasteiger partial charge < -0.3 is 0 Å². The first-order valence-corrected chi connectivity index (χ1v) is 12.1. The molecule has 4 rings (SSSR count). The quantitative estimate of drug-likeness (QED) is 0.534. The van der Waals surface area contributed by atoms with Crippen molar-refractivity contribution in [3.63, 3.8) is 0 Å². The van der Waals surface area contributed by atoms with Gasteiger partial charge in [-0.3, -0.25) is 0 Å². The molecular weight excluding hydrogens is 447 g/mol. The van der Waals surface area contributed by atoms with E-state index in [1.54, 1.807) is 22.9 Å². The molecule has 3 heterocycles. The molecule has 0 radical (unpaired) electrons. The van der Waals surface area contributed by atoms with Crippen LogP contribution < -0.4 is 9.35 Å². The molecule has 0 bridgehead atoms. The summed E-state index contributed by atoms with van der Waals surface area (Å²) in [5.74, 6) is 0.779. The van der Waals surface area contributed by atoms with Gasteiger partial charge in [-0.1, -0.05) is 0 Å². The number of nitrogens with zero attached hydrogens (tertiary/aromatic N) is 6. The molecule has 158 valence electrons. The van der Waals surface area contributed by atoms with Gasteiger partial charge in [-0.15, -0.1) is 0 Å². The molecule has 1 fully saturated rings. The number of ether oxygens (including phenoxy) is 2. The molecule has 2 atom stereocenters. The predicted octanol–water partition coefficient (Wildman–Crippen LogP) is 1.71. The molecule has 0 N–H and O–H groups in total. The summed E-state index contributed by atoms with van der Waals surface area (Å²) in [6, 6.07) is 7.59. The molecule has 0 aliphatic carbocycles. The molecule has 1 saturated heterocycles. The van der Waals surface area contributed by atoms with Crippen molar-refractivity contribution in [2.45, 2.75) is 37.5 Å². The van der Waals surface area contributed by atoms with E-state index in [-0.39, 0.29) is 6.09 Å². The van der Waals surface area contributed by atoms with E-state index in [4.69, 9.17) is 14.5 Å². The molecule has 0 spiro atoms. The second-order valence-electron chi connectivity index (χ2n) is 8.16. The van der Waals surface area contributed by atoms with Crippen molar-refractivity contribution >= 4 is 37.6 Å². The van der Waals surface area contributed by atoms with Crippen molar-refractivity contribution in [2.24, 2.45) is 0 Å². The summed E-state index contributed by atoms with van der Waals surface area (Å²) in [5.41, 5.74) is 1.73. The zero-order valence-electron chi connectivity index (χ0n) is 17.5. The molecule has 9 nitrogen and oxygen atoms in total. The van der Waals surface area contributed by atoms with Crippen LogP contribution in [0.5, 0.6) is 5.75 Å². The first-order chi connectivity index (χ1) is 14.3. The number of methoxy groups -OCH3 is 1. The Morgan fingerprint density at radius 1 is 1.23 bits per heavy atom. The summed E-state index contributed by atoms with van der Waals surface area (Å²) in [6.07, 6.45) is 2.44. The Bertz CT molecular complexity index is 1050. The number of amides is 1. The van der Waals surface area contributed by atoms with Crippen LogP contribution in [0.1, 0.15) is 27.2 Å². The van der Waals surface area contributed by atoms with Crippen molar-refractivity contribution in [2.75, 3.05) is 20.2 Å². The van der Waals surface area contributed by atoms with E-state index >= 15 is 0 Å². The molecule has 1 aliphatic rings. The fraction of sp³-hybridized carbons (Fsp3) is 0.450. The second kappa shape index (κ2) is 8.22. The third-order valence-corrected chi connectivity index (χ3v) is 7.58. The van der Waals surface area contributed by atoms with Crippen LogP contribution in [-0.4, -0.2) is 77.5 Å². The fourth-order valence-corrected chi connectivity index (χ4v) is 5.89. The Balaban J connectivity index is 1.48. The van der Waals surface area contributed by atoms with Crippen molar-refractivity contribution in [3.05, 3.63) is 30.5 Å². The number of rotatable bonds is 4. The van der Waals surface area contributed by atoms with Crippen LogP contribution in [0.3, 0.4) is 0 Å². The van der Waals surface area contributed by atoms with Crippen LogP contribution in [0.15, 0.2) is 30.5 Å². The molecule has 10 heteroatoms. The molecule has 1 amide bonds. The van der Waals surface area contributed by atoms with E-state index in [1.807, 2.05) is 45.0 Å². The van der Waals surface area contributed by atoms with Crippen LogP contribution in [0, 0.1) is 0 Å². The minimum atomic E-state index is -0.628. The van der Waals surface area contributed by atoms with Crippen LogP contribution >= 0.6 is 0 Å². The summed E-state index contributed by atoms with van der Waals surface area (Å²) in [6.45, 7) is 7.07. The van der Waals surface area contributed by atoms with Crippen LogP contribution in [-0.2, 0) is 4.74 Å². The van der Waals surface area contributed by atoms with Crippen molar-refractivity contribution in [1.82, 2.24) is 29.9 Å². The maximum atomic E-state index is 12.3. The predicted molar refractivity (Wildman–Crippen MR) is 114 cm³/mol. The minimum absolute atomic E-state index is 0.241. The van der Waals surface area contributed by atoms with Gasteiger partial charge in [-0.2, -0.15) is 0 Å². The number of aromatic nitrogens is 5. The monoisotopic (exact) mass is 472 g/mol. The second-order valence-corrected chi connectivity index (χ2v) is 11.4. The SMILES string of the molecule is COc1ccc(-n2nnc3cnc([AsH][C@H]4CCN(C(=O)OC(C)(C)C)C4)nc32)cc1. The van der Waals surface area contributed by atoms with Gasteiger partial charge >= 0.3 is 181 Å². The van der Waals surface area contributed by atoms with Gasteiger partial charge in [0.1, 0.15) is 0 Å². The number of carbonyl (C=O) groups excluding carboxylic acids is 1. The molecule has 1 unspecified atom stereocenters. The van der Waals surface area contributed by atoms with Gasteiger partial charge in [0.2, 0.25) is 0 Å². The van der Waals surface area contributed by atoms with Gasteiger partial charge in [0.25, 0.3) is 0 Å². The summed E-state index contributed by atoms with van der Waals surface area (Å²) in [4.78, 5) is 23.4. The molecule has 2 aromatic heterocycles. The number of hydrogen-bond donors (Lipinski definition) is 0. The number of hydrogen-bond acceptors (Lipinski definition) is 7. The molecular formula is C20H25AsN6O3. The third-order valence-electron chi connectivity index (χ3n) is 4.68. The van der Waals surface area contributed by atoms with Gasteiger partial charge in [0.05, 0.1) is 0 Å². The van der Waals surface area contributed by atoms with Gasteiger partial charge in [0.15, 0.2) is 0 Å². The fourth-order valence-electron chi connectivity index (χ4n) is 3.25. The Morgan fingerprint density at radius 2 is 2.00 bits per heavy atom. The zero-order chi connectivity index (χ0) is 21.3. The first kappa shape index (κ1) is 20.6. The van der Waals surface area contributed by atoms with Crippen LogP contribution in [0.4, 0.5) is 4.79 Å². The van der Waals surface area contributed by atoms with Gasteiger partial charge in [-0.05, 0) is 0 Å². The first-order valence-electron chi connectivity index (χ1n) is 9.80. The summed E-state index contributed by atoms with van der Waals surface area (Å²) in [7, 11) is 1.64. The summed E-state index contributed by atoms with van der Waals surface area (Å²) < 4.78 is 13.7. The average molecular weight is 472 g/mol. The Kier molecular flexibility index (Phi) is 5.64. The third kappa shape index (κ3) is 4.56.